The van der Waals surface area contributed by atoms with Crippen molar-refractivity contribution in [3.05, 3.63) is 11.1 Å². The Morgan fingerprint density at radius 1 is 1.07 bits per heavy atom. The Balaban J connectivity index is 1.55. The summed E-state index contributed by atoms with van der Waals surface area (Å²) in [6.45, 7) is 7.34. The van der Waals surface area contributed by atoms with E-state index in [1.165, 1.54) is 19.4 Å². The zero-order valence-corrected chi connectivity index (χ0v) is 18.2. The molecule has 160 valence electrons. The molecule has 0 aromatic rings. The first kappa shape index (κ1) is 20.6. The smallest absolute Gasteiger partial charge is 0.302 e. The minimum Gasteiger partial charge on any atom is -0.463 e. The standard InChI is InChI=1S/C24H34O5/c1-13(28-14(2)25)21-7-8-22-19-12-23(27)20-11-16(29-15(3)26)5-6-17(20)18(19)9-10-24(21,22)4/h13,16,18-19,21-22H,5-12H2,1-4H3/t13-,16-,18+,19+,21+,22-,24+/m0/s1. The summed E-state index contributed by atoms with van der Waals surface area (Å²) in [5, 5.41) is 0. The van der Waals surface area contributed by atoms with E-state index in [1.807, 2.05) is 6.92 Å². The van der Waals surface area contributed by atoms with Gasteiger partial charge in [-0.1, -0.05) is 12.5 Å². The van der Waals surface area contributed by atoms with Gasteiger partial charge in [-0.3, -0.25) is 14.4 Å². The van der Waals surface area contributed by atoms with E-state index < -0.39 is 0 Å². The first-order valence-corrected chi connectivity index (χ1v) is 11.3. The molecule has 5 heteroatoms. The lowest BCUT2D eigenvalue weighted by molar-refractivity contribution is -0.152. The summed E-state index contributed by atoms with van der Waals surface area (Å²) in [5.41, 5.74) is 2.48. The van der Waals surface area contributed by atoms with Crippen molar-refractivity contribution < 1.29 is 23.9 Å². The van der Waals surface area contributed by atoms with Crippen molar-refractivity contribution in [2.24, 2.45) is 29.1 Å². The second kappa shape index (κ2) is 7.55. The van der Waals surface area contributed by atoms with Crippen LogP contribution in [0.4, 0.5) is 0 Å². The topological polar surface area (TPSA) is 69.7 Å². The van der Waals surface area contributed by atoms with Crippen molar-refractivity contribution in [2.45, 2.75) is 91.3 Å². The van der Waals surface area contributed by atoms with Gasteiger partial charge in [-0.05, 0) is 74.2 Å². The van der Waals surface area contributed by atoms with Gasteiger partial charge in [0.15, 0.2) is 5.78 Å². The molecule has 0 aromatic heterocycles. The number of hydrogen-bond acceptors (Lipinski definition) is 5. The second-order valence-corrected chi connectivity index (χ2v) is 10.0. The third kappa shape index (κ3) is 3.55. The van der Waals surface area contributed by atoms with Crippen LogP contribution in [0.1, 0.15) is 79.1 Å². The van der Waals surface area contributed by atoms with Gasteiger partial charge in [-0.2, -0.15) is 0 Å². The van der Waals surface area contributed by atoms with E-state index in [0.717, 1.165) is 44.1 Å². The minimum atomic E-state index is -0.257. The molecule has 0 saturated heterocycles. The molecule has 2 saturated carbocycles. The SMILES string of the molecule is CC(=O)O[C@H]1CCC2=C(C1)C(=O)C[C@@H]1[C@@H]2CC[C@]2(C)[C@@H]([C@H](C)OC(C)=O)CC[C@@H]12. The van der Waals surface area contributed by atoms with Crippen LogP contribution >= 0.6 is 0 Å². The number of hydrogen-bond donors (Lipinski definition) is 0. The van der Waals surface area contributed by atoms with Crippen LogP contribution in [-0.4, -0.2) is 29.9 Å². The summed E-state index contributed by atoms with van der Waals surface area (Å²) >= 11 is 0. The Kier molecular flexibility index (Phi) is 5.37. The monoisotopic (exact) mass is 402 g/mol. The van der Waals surface area contributed by atoms with Crippen LogP contribution in [0.3, 0.4) is 0 Å². The van der Waals surface area contributed by atoms with Crippen LogP contribution < -0.4 is 0 Å². The van der Waals surface area contributed by atoms with Gasteiger partial charge in [0, 0.05) is 32.6 Å². The highest BCUT2D eigenvalue weighted by molar-refractivity contribution is 5.97. The molecule has 0 amide bonds. The van der Waals surface area contributed by atoms with Crippen LogP contribution in [0.15, 0.2) is 11.1 Å². The highest BCUT2D eigenvalue weighted by atomic mass is 16.5. The molecule has 0 radical (unpaired) electrons. The Morgan fingerprint density at radius 3 is 2.52 bits per heavy atom. The molecule has 2 fully saturated rings. The highest BCUT2D eigenvalue weighted by Gasteiger charge is 2.57. The van der Waals surface area contributed by atoms with E-state index in [0.29, 0.717) is 36.5 Å². The van der Waals surface area contributed by atoms with Gasteiger partial charge in [0.05, 0.1) is 0 Å². The van der Waals surface area contributed by atoms with Crippen molar-refractivity contribution in [1.29, 1.82) is 0 Å². The van der Waals surface area contributed by atoms with Crippen molar-refractivity contribution >= 4 is 17.7 Å². The zero-order valence-electron chi connectivity index (χ0n) is 18.2. The zero-order chi connectivity index (χ0) is 20.9. The summed E-state index contributed by atoms with van der Waals surface area (Å²) in [7, 11) is 0. The largest absolute Gasteiger partial charge is 0.463 e. The van der Waals surface area contributed by atoms with Crippen LogP contribution in [0, 0.1) is 29.1 Å². The first-order chi connectivity index (χ1) is 13.7. The lowest BCUT2D eigenvalue weighted by Gasteiger charge is -2.52. The van der Waals surface area contributed by atoms with Crippen LogP contribution in [-0.2, 0) is 23.9 Å². The molecule has 0 aromatic carbocycles. The predicted octanol–water partition coefficient (Wildman–Crippen LogP) is 4.38. The number of ketones is 1. The Labute approximate surface area is 173 Å². The van der Waals surface area contributed by atoms with Crippen LogP contribution in [0.5, 0.6) is 0 Å². The molecule has 0 spiro atoms. The maximum Gasteiger partial charge on any atom is 0.302 e. The molecule has 5 nitrogen and oxygen atoms in total. The maximum atomic E-state index is 13.1. The molecule has 0 heterocycles. The summed E-state index contributed by atoms with van der Waals surface area (Å²) in [4.78, 5) is 35.9. The van der Waals surface area contributed by atoms with Crippen LogP contribution in [0.2, 0.25) is 0 Å². The predicted molar refractivity (Wildman–Crippen MR) is 108 cm³/mol. The lowest BCUT2D eigenvalue weighted by Crippen LogP contribution is -2.47. The van der Waals surface area contributed by atoms with Gasteiger partial charge in [-0.15, -0.1) is 0 Å². The Bertz CT molecular complexity index is 752. The Morgan fingerprint density at radius 2 is 1.83 bits per heavy atom. The first-order valence-electron chi connectivity index (χ1n) is 11.3. The summed E-state index contributed by atoms with van der Waals surface area (Å²) in [6.07, 6.45) is 7.20. The van der Waals surface area contributed by atoms with Gasteiger partial charge in [0.1, 0.15) is 12.2 Å². The molecule has 7 atom stereocenters. The van der Waals surface area contributed by atoms with E-state index in [4.69, 9.17) is 9.47 Å². The van der Waals surface area contributed by atoms with Gasteiger partial charge >= 0.3 is 11.9 Å². The average molecular weight is 403 g/mol. The average Bonchev–Trinajstić information content (AvgIpc) is 2.98. The van der Waals surface area contributed by atoms with Crippen molar-refractivity contribution in [3.8, 4) is 0 Å². The molecular weight excluding hydrogens is 368 g/mol. The quantitative estimate of drug-likeness (QED) is 0.655. The third-order valence-electron chi connectivity index (χ3n) is 8.52. The van der Waals surface area contributed by atoms with Gasteiger partial charge in [0.2, 0.25) is 0 Å². The number of ether oxygens (including phenoxy) is 2. The molecule has 4 aliphatic carbocycles. The molecule has 0 bridgehead atoms. The van der Waals surface area contributed by atoms with Crippen LogP contribution in [0.25, 0.3) is 0 Å². The molecule has 4 rings (SSSR count). The normalized spacial score (nSPS) is 39.9. The van der Waals surface area contributed by atoms with E-state index in [1.54, 1.807) is 0 Å². The number of fused-ring (bicyclic) bond motifs is 4. The molecular formula is C24H34O5. The lowest BCUT2D eigenvalue weighted by atomic mass is 9.52. The molecule has 0 N–H and O–H groups in total. The van der Waals surface area contributed by atoms with Crippen molar-refractivity contribution in [1.82, 2.24) is 0 Å². The number of esters is 2. The molecule has 29 heavy (non-hydrogen) atoms. The fourth-order valence-electron chi connectivity index (χ4n) is 7.46. The number of rotatable bonds is 3. The molecule has 4 aliphatic rings. The molecule has 0 aliphatic heterocycles. The van der Waals surface area contributed by atoms with E-state index in [9.17, 15) is 14.4 Å². The summed E-state index contributed by atoms with van der Waals surface area (Å²) < 4.78 is 11.0. The van der Waals surface area contributed by atoms with E-state index >= 15 is 0 Å². The second-order valence-electron chi connectivity index (χ2n) is 10.0. The maximum absolute atomic E-state index is 13.1. The van der Waals surface area contributed by atoms with E-state index in [-0.39, 0.29) is 35.3 Å². The van der Waals surface area contributed by atoms with Gasteiger partial charge in [-0.25, -0.2) is 0 Å². The van der Waals surface area contributed by atoms with E-state index in [2.05, 4.69) is 6.92 Å². The minimum absolute atomic E-state index is 0.0627. The van der Waals surface area contributed by atoms with Crippen molar-refractivity contribution in [3.63, 3.8) is 0 Å². The van der Waals surface area contributed by atoms with Gasteiger partial charge < -0.3 is 9.47 Å². The fourth-order valence-corrected chi connectivity index (χ4v) is 7.46. The fraction of sp³-hybridized carbons (Fsp3) is 0.792. The Hall–Kier alpha value is -1.65. The summed E-state index contributed by atoms with van der Waals surface area (Å²) in [6, 6.07) is 0. The highest BCUT2D eigenvalue weighted by Crippen LogP contribution is 2.63. The number of allylic oxidation sites excluding steroid dienone is 1. The summed E-state index contributed by atoms with van der Waals surface area (Å²) in [5.74, 6) is 1.63. The third-order valence-corrected chi connectivity index (χ3v) is 8.52. The number of Topliss-reactive ketones (excluding diaryl/α,β-unsaturated/α-hetero) is 1. The van der Waals surface area contributed by atoms with Gasteiger partial charge in [0.25, 0.3) is 0 Å². The number of carbonyl (C=O) groups is 3. The van der Waals surface area contributed by atoms with Crippen molar-refractivity contribution in [2.75, 3.05) is 0 Å². The molecule has 0 unspecified atom stereocenters. The number of carbonyl (C=O) groups excluding carboxylic acids is 3.